The summed E-state index contributed by atoms with van der Waals surface area (Å²) in [6, 6.07) is 6.78. The van der Waals surface area contributed by atoms with Gasteiger partial charge in [0.25, 0.3) is 0 Å². The van der Waals surface area contributed by atoms with Gasteiger partial charge in [-0.3, -0.25) is 4.79 Å². The van der Waals surface area contributed by atoms with Gasteiger partial charge in [-0.1, -0.05) is 17.7 Å². The lowest BCUT2D eigenvalue weighted by Crippen LogP contribution is -2.35. The fraction of sp³-hybridized carbons (Fsp3) is 0.417. The van der Waals surface area contributed by atoms with Crippen LogP contribution in [0, 0.1) is 0 Å². The van der Waals surface area contributed by atoms with Crippen LogP contribution in [0.5, 0.6) is 5.75 Å². The van der Waals surface area contributed by atoms with Crippen LogP contribution < -0.4 is 10.1 Å². The lowest BCUT2D eigenvalue weighted by Gasteiger charge is -2.11. The van der Waals surface area contributed by atoms with E-state index in [9.17, 15) is 4.79 Å². The van der Waals surface area contributed by atoms with Crippen LogP contribution >= 0.6 is 11.6 Å². The lowest BCUT2D eigenvalue weighted by molar-refractivity contribution is -0.122. The van der Waals surface area contributed by atoms with Gasteiger partial charge in [0.1, 0.15) is 5.75 Å². The molecular formula is C12H16ClNO3. The van der Waals surface area contributed by atoms with Gasteiger partial charge >= 0.3 is 0 Å². The third kappa shape index (κ3) is 5.56. The zero-order chi connectivity index (χ0) is 12.7. The Morgan fingerprint density at radius 1 is 1.59 bits per heavy atom. The highest BCUT2D eigenvalue weighted by Gasteiger charge is 2.06. The van der Waals surface area contributed by atoms with Crippen molar-refractivity contribution in [3.8, 4) is 5.75 Å². The number of nitrogens with one attached hydrogen (secondary N) is 1. The molecule has 0 saturated heterocycles. The summed E-state index contributed by atoms with van der Waals surface area (Å²) in [5.41, 5.74) is 0. The highest BCUT2D eigenvalue weighted by Crippen LogP contribution is 2.16. The maximum Gasteiger partial charge on any atom is 0.223 e. The van der Waals surface area contributed by atoms with Crippen LogP contribution in [0.4, 0.5) is 0 Å². The molecule has 0 aromatic heterocycles. The predicted octanol–water partition coefficient (Wildman–Crippen LogP) is 1.61. The molecular weight excluding hydrogens is 242 g/mol. The highest BCUT2D eigenvalue weighted by molar-refractivity contribution is 6.30. The molecule has 0 saturated carbocycles. The molecule has 0 radical (unpaired) electrons. The van der Waals surface area contributed by atoms with Crippen molar-refractivity contribution in [3.63, 3.8) is 0 Å². The molecule has 0 unspecified atom stereocenters. The number of rotatable bonds is 6. The molecule has 0 bridgehead atoms. The number of carbonyl (C=O) groups is 1. The van der Waals surface area contributed by atoms with Crippen molar-refractivity contribution >= 4 is 17.5 Å². The summed E-state index contributed by atoms with van der Waals surface area (Å²) in [4.78, 5) is 11.3. The summed E-state index contributed by atoms with van der Waals surface area (Å²) in [6.45, 7) is 1.95. The Kier molecular flexibility index (Phi) is 5.80. The van der Waals surface area contributed by atoms with Gasteiger partial charge < -0.3 is 15.2 Å². The first kappa shape index (κ1) is 13.8. The molecule has 1 rings (SSSR count). The van der Waals surface area contributed by atoms with E-state index in [1.807, 2.05) is 0 Å². The molecule has 94 valence electrons. The fourth-order valence-electron chi connectivity index (χ4n) is 1.21. The molecule has 1 amide bonds. The first-order valence-corrected chi connectivity index (χ1v) is 5.78. The number of hydrogen-bond acceptors (Lipinski definition) is 3. The van der Waals surface area contributed by atoms with Gasteiger partial charge in [-0.05, 0) is 25.1 Å². The second-order valence-corrected chi connectivity index (χ2v) is 4.14. The van der Waals surface area contributed by atoms with E-state index in [1.54, 1.807) is 31.2 Å². The second-order valence-electron chi connectivity index (χ2n) is 3.71. The zero-order valence-corrected chi connectivity index (χ0v) is 10.4. The van der Waals surface area contributed by atoms with Crippen molar-refractivity contribution in [2.75, 3.05) is 13.2 Å². The quantitative estimate of drug-likeness (QED) is 0.814. The van der Waals surface area contributed by atoms with Crippen LogP contribution in [-0.4, -0.2) is 30.3 Å². The summed E-state index contributed by atoms with van der Waals surface area (Å²) in [6.07, 6.45) is 0.247. The summed E-state index contributed by atoms with van der Waals surface area (Å²) in [7, 11) is 0. The van der Waals surface area contributed by atoms with E-state index in [1.165, 1.54) is 0 Å². The monoisotopic (exact) mass is 257 g/mol. The van der Waals surface area contributed by atoms with E-state index in [4.69, 9.17) is 21.4 Å². The number of hydrogen-bond donors (Lipinski definition) is 2. The highest BCUT2D eigenvalue weighted by atomic mass is 35.5. The lowest BCUT2D eigenvalue weighted by atomic mass is 10.3. The molecule has 4 nitrogen and oxygen atoms in total. The summed E-state index contributed by atoms with van der Waals surface area (Å²) < 4.78 is 5.36. The SMILES string of the molecule is C[C@@H](CO)NC(=O)CCOc1cccc(Cl)c1. The maximum absolute atomic E-state index is 11.3. The van der Waals surface area contributed by atoms with E-state index >= 15 is 0 Å². The Bertz CT molecular complexity index is 371. The topological polar surface area (TPSA) is 58.6 Å². The van der Waals surface area contributed by atoms with Crippen LogP contribution in [0.3, 0.4) is 0 Å². The molecule has 0 aliphatic rings. The molecule has 0 spiro atoms. The zero-order valence-electron chi connectivity index (χ0n) is 9.65. The Labute approximate surface area is 106 Å². The summed E-state index contributed by atoms with van der Waals surface area (Å²) in [5, 5.41) is 12.0. The Balaban J connectivity index is 2.26. The minimum atomic E-state index is -0.228. The van der Waals surface area contributed by atoms with Gasteiger partial charge in [0, 0.05) is 11.1 Å². The molecule has 5 heteroatoms. The van der Waals surface area contributed by atoms with Crippen LogP contribution in [0.1, 0.15) is 13.3 Å². The van der Waals surface area contributed by atoms with Gasteiger partial charge in [0.15, 0.2) is 0 Å². The van der Waals surface area contributed by atoms with E-state index in [0.717, 1.165) is 0 Å². The molecule has 0 heterocycles. The predicted molar refractivity (Wildman–Crippen MR) is 66.3 cm³/mol. The van der Waals surface area contributed by atoms with Gasteiger partial charge in [0.2, 0.25) is 5.91 Å². The third-order valence-electron chi connectivity index (χ3n) is 2.08. The standard InChI is InChI=1S/C12H16ClNO3/c1-9(8-15)14-12(16)5-6-17-11-4-2-3-10(13)7-11/h2-4,7,9,15H,5-6,8H2,1H3,(H,14,16)/t9-/m0/s1. The molecule has 1 atom stereocenters. The van der Waals surface area contributed by atoms with E-state index in [0.29, 0.717) is 10.8 Å². The number of ether oxygens (including phenoxy) is 1. The van der Waals surface area contributed by atoms with Crippen LogP contribution in [0.2, 0.25) is 5.02 Å². The average molecular weight is 258 g/mol. The normalized spacial score (nSPS) is 11.9. The molecule has 0 aliphatic heterocycles. The van der Waals surface area contributed by atoms with Gasteiger partial charge in [0.05, 0.1) is 19.6 Å². The van der Waals surface area contributed by atoms with E-state index < -0.39 is 0 Å². The molecule has 17 heavy (non-hydrogen) atoms. The van der Waals surface area contributed by atoms with Gasteiger partial charge in [-0.25, -0.2) is 0 Å². The van der Waals surface area contributed by atoms with Crippen molar-refractivity contribution in [1.29, 1.82) is 0 Å². The van der Waals surface area contributed by atoms with E-state index in [-0.39, 0.29) is 31.6 Å². The van der Waals surface area contributed by atoms with Crippen molar-refractivity contribution in [2.24, 2.45) is 0 Å². The van der Waals surface area contributed by atoms with Crippen LogP contribution in [-0.2, 0) is 4.79 Å². The van der Waals surface area contributed by atoms with Crippen LogP contribution in [0.25, 0.3) is 0 Å². The number of benzene rings is 1. The van der Waals surface area contributed by atoms with Crippen molar-refractivity contribution in [2.45, 2.75) is 19.4 Å². The maximum atomic E-state index is 11.3. The number of carbonyl (C=O) groups excluding carboxylic acids is 1. The van der Waals surface area contributed by atoms with Crippen LogP contribution in [0.15, 0.2) is 24.3 Å². The largest absolute Gasteiger partial charge is 0.493 e. The fourth-order valence-corrected chi connectivity index (χ4v) is 1.39. The minimum absolute atomic E-state index is 0.0686. The first-order valence-electron chi connectivity index (χ1n) is 5.40. The molecule has 0 aliphatic carbocycles. The molecule has 1 aromatic rings. The Morgan fingerprint density at radius 3 is 3.00 bits per heavy atom. The molecule has 1 aromatic carbocycles. The minimum Gasteiger partial charge on any atom is -0.493 e. The Hall–Kier alpha value is -1.26. The number of aliphatic hydroxyl groups is 1. The summed E-state index contributed by atoms with van der Waals surface area (Å²) >= 11 is 5.79. The summed E-state index contributed by atoms with van der Waals surface area (Å²) in [5.74, 6) is 0.495. The number of aliphatic hydroxyl groups excluding tert-OH is 1. The Morgan fingerprint density at radius 2 is 2.35 bits per heavy atom. The third-order valence-corrected chi connectivity index (χ3v) is 2.31. The average Bonchev–Trinajstić information content (AvgIpc) is 2.29. The number of halogens is 1. The smallest absolute Gasteiger partial charge is 0.223 e. The van der Waals surface area contributed by atoms with Gasteiger partial charge in [-0.2, -0.15) is 0 Å². The first-order chi connectivity index (χ1) is 8.11. The van der Waals surface area contributed by atoms with Gasteiger partial charge in [-0.15, -0.1) is 0 Å². The van der Waals surface area contributed by atoms with Crippen molar-refractivity contribution in [1.82, 2.24) is 5.32 Å². The van der Waals surface area contributed by atoms with E-state index in [2.05, 4.69) is 5.32 Å². The second kappa shape index (κ2) is 7.14. The molecule has 2 N–H and O–H groups in total. The number of amides is 1. The van der Waals surface area contributed by atoms with Crippen molar-refractivity contribution < 1.29 is 14.6 Å². The molecule has 0 fully saturated rings. The van der Waals surface area contributed by atoms with Crippen molar-refractivity contribution in [3.05, 3.63) is 29.3 Å².